The highest BCUT2D eigenvalue weighted by atomic mass is 32.1. The SMILES string of the molecule is CCOC1CCN(C(=O)C2(C(N)=S)CCCCCC2)CC1. The minimum atomic E-state index is -0.579. The molecule has 0 spiro atoms. The van der Waals surface area contributed by atoms with Gasteiger partial charge in [0.2, 0.25) is 5.91 Å². The maximum absolute atomic E-state index is 13.1. The summed E-state index contributed by atoms with van der Waals surface area (Å²) in [7, 11) is 0. The fraction of sp³-hybridized carbons (Fsp3) is 0.875. The van der Waals surface area contributed by atoms with E-state index in [-0.39, 0.29) is 5.91 Å². The number of amides is 1. The quantitative estimate of drug-likeness (QED) is 0.640. The van der Waals surface area contributed by atoms with Crippen LogP contribution >= 0.6 is 12.2 Å². The van der Waals surface area contributed by atoms with Crippen LogP contribution in [0.2, 0.25) is 0 Å². The Labute approximate surface area is 133 Å². The van der Waals surface area contributed by atoms with E-state index in [1.807, 2.05) is 11.8 Å². The lowest BCUT2D eigenvalue weighted by molar-refractivity contribution is -0.141. The van der Waals surface area contributed by atoms with Crippen molar-refractivity contribution in [3.8, 4) is 0 Å². The van der Waals surface area contributed by atoms with Crippen molar-refractivity contribution in [3.63, 3.8) is 0 Å². The van der Waals surface area contributed by atoms with E-state index >= 15 is 0 Å². The van der Waals surface area contributed by atoms with Crippen LogP contribution in [0.5, 0.6) is 0 Å². The number of piperidine rings is 1. The van der Waals surface area contributed by atoms with Crippen molar-refractivity contribution < 1.29 is 9.53 Å². The van der Waals surface area contributed by atoms with Crippen LogP contribution in [0, 0.1) is 5.41 Å². The molecule has 21 heavy (non-hydrogen) atoms. The molecule has 1 amide bonds. The van der Waals surface area contributed by atoms with Crippen molar-refractivity contribution in [1.82, 2.24) is 4.90 Å². The first-order chi connectivity index (χ1) is 10.1. The number of likely N-dealkylation sites (tertiary alicyclic amines) is 1. The smallest absolute Gasteiger partial charge is 0.235 e. The first-order valence-electron chi connectivity index (χ1n) is 8.31. The topological polar surface area (TPSA) is 55.6 Å². The summed E-state index contributed by atoms with van der Waals surface area (Å²) in [6.07, 6.45) is 8.28. The monoisotopic (exact) mass is 312 g/mol. The molecule has 2 rings (SSSR count). The van der Waals surface area contributed by atoms with Crippen LogP contribution in [0.4, 0.5) is 0 Å². The first kappa shape index (κ1) is 16.7. The van der Waals surface area contributed by atoms with Crippen LogP contribution in [0.1, 0.15) is 58.3 Å². The number of rotatable bonds is 4. The number of hydrogen-bond donors (Lipinski definition) is 1. The van der Waals surface area contributed by atoms with Gasteiger partial charge in [0.15, 0.2) is 0 Å². The average Bonchev–Trinajstić information content (AvgIpc) is 2.74. The molecule has 0 aromatic rings. The molecule has 2 fully saturated rings. The molecule has 4 nitrogen and oxygen atoms in total. The molecule has 0 unspecified atom stereocenters. The predicted octanol–water partition coefficient (Wildman–Crippen LogP) is 2.64. The second-order valence-corrected chi connectivity index (χ2v) is 6.75. The Morgan fingerprint density at radius 1 is 1.24 bits per heavy atom. The molecule has 2 aliphatic rings. The van der Waals surface area contributed by atoms with Crippen LogP contribution in [0.15, 0.2) is 0 Å². The molecule has 0 aromatic carbocycles. The highest BCUT2D eigenvalue weighted by Gasteiger charge is 2.44. The predicted molar refractivity (Wildman–Crippen MR) is 88.1 cm³/mol. The standard InChI is InChI=1S/C16H28N2O2S/c1-2-20-13-7-11-18(12-8-13)15(19)16(14(17)21)9-5-3-4-6-10-16/h13H,2-12H2,1H3,(H2,17,21). The Morgan fingerprint density at radius 2 is 1.81 bits per heavy atom. The minimum Gasteiger partial charge on any atom is -0.392 e. The van der Waals surface area contributed by atoms with Gasteiger partial charge in [-0.2, -0.15) is 0 Å². The lowest BCUT2D eigenvalue weighted by Gasteiger charge is -2.39. The van der Waals surface area contributed by atoms with Gasteiger partial charge >= 0.3 is 0 Å². The third-order valence-corrected chi connectivity index (χ3v) is 5.36. The molecule has 0 atom stereocenters. The average molecular weight is 312 g/mol. The zero-order valence-electron chi connectivity index (χ0n) is 13.1. The van der Waals surface area contributed by atoms with Gasteiger partial charge in [-0.1, -0.05) is 37.9 Å². The number of carbonyl (C=O) groups excluding carboxylic acids is 1. The summed E-state index contributed by atoms with van der Waals surface area (Å²) in [5.74, 6) is 0.173. The summed E-state index contributed by atoms with van der Waals surface area (Å²) in [6.45, 7) is 4.31. The van der Waals surface area contributed by atoms with Gasteiger partial charge in [-0.15, -0.1) is 0 Å². The van der Waals surface area contributed by atoms with E-state index in [9.17, 15) is 4.79 Å². The number of thiocarbonyl (C=S) groups is 1. The number of carbonyl (C=O) groups is 1. The highest BCUT2D eigenvalue weighted by molar-refractivity contribution is 7.80. The number of hydrogen-bond acceptors (Lipinski definition) is 3. The Balaban J connectivity index is 2.04. The number of nitrogens with zero attached hydrogens (tertiary/aromatic N) is 1. The Bertz CT molecular complexity index is 370. The molecule has 120 valence electrons. The third-order valence-electron chi connectivity index (χ3n) is 4.97. The van der Waals surface area contributed by atoms with E-state index < -0.39 is 5.41 Å². The van der Waals surface area contributed by atoms with Crippen molar-refractivity contribution in [2.75, 3.05) is 19.7 Å². The Morgan fingerprint density at radius 3 is 2.29 bits per heavy atom. The number of ether oxygens (including phenoxy) is 1. The molecule has 5 heteroatoms. The van der Waals surface area contributed by atoms with Gasteiger partial charge in [-0.25, -0.2) is 0 Å². The van der Waals surface area contributed by atoms with Crippen molar-refractivity contribution in [1.29, 1.82) is 0 Å². The third kappa shape index (κ3) is 3.75. The zero-order valence-corrected chi connectivity index (χ0v) is 13.9. The molecule has 1 aliphatic heterocycles. The van der Waals surface area contributed by atoms with E-state index in [1.54, 1.807) is 0 Å². The van der Waals surface area contributed by atoms with Gasteiger partial charge < -0.3 is 15.4 Å². The minimum absolute atomic E-state index is 0.173. The largest absolute Gasteiger partial charge is 0.392 e. The van der Waals surface area contributed by atoms with Crippen molar-refractivity contribution in [2.45, 2.75) is 64.4 Å². The zero-order chi connectivity index (χ0) is 15.3. The van der Waals surface area contributed by atoms with Gasteiger partial charge in [-0.3, -0.25) is 4.79 Å². The lowest BCUT2D eigenvalue weighted by atomic mass is 9.78. The van der Waals surface area contributed by atoms with Crippen LogP contribution in [-0.2, 0) is 9.53 Å². The summed E-state index contributed by atoms with van der Waals surface area (Å²) >= 11 is 5.30. The van der Waals surface area contributed by atoms with Crippen molar-refractivity contribution in [3.05, 3.63) is 0 Å². The van der Waals surface area contributed by atoms with Crippen LogP contribution in [0.25, 0.3) is 0 Å². The van der Waals surface area contributed by atoms with Crippen LogP contribution in [0.3, 0.4) is 0 Å². The van der Waals surface area contributed by atoms with E-state index in [0.717, 1.165) is 58.2 Å². The summed E-state index contributed by atoms with van der Waals surface area (Å²) < 4.78 is 5.66. The fourth-order valence-electron chi connectivity index (χ4n) is 3.66. The molecule has 1 heterocycles. The highest BCUT2D eigenvalue weighted by Crippen LogP contribution is 2.38. The molecule has 1 saturated heterocycles. The van der Waals surface area contributed by atoms with Crippen LogP contribution < -0.4 is 5.73 Å². The van der Waals surface area contributed by atoms with Gasteiger partial charge in [0.05, 0.1) is 16.5 Å². The molecular weight excluding hydrogens is 284 g/mol. The van der Waals surface area contributed by atoms with Gasteiger partial charge in [0.25, 0.3) is 0 Å². The molecule has 0 aromatic heterocycles. The van der Waals surface area contributed by atoms with Crippen molar-refractivity contribution in [2.24, 2.45) is 11.1 Å². The molecule has 2 N–H and O–H groups in total. The number of nitrogens with two attached hydrogens (primary N) is 1. The Kier molecular flexibility index (Phi) is 5.99. The first-order valence-corrected chi connectivity index (χ1v) is 8.72. The molecular formula is C16H28N2O2S. The second kappa shape index (κ2) is 7.54. The van der Waals surface area contributed by atoms with Gasteiger partial charge in [0, 0.05) is 19.7 Å². The summed E-state index contributed by atoms with van der Waals surface area (Å²) in [5.41, 5.74) is 5.43. The summed E-state index contributed by atoms with van der Waals surface area (Å²) in [4.78, 5) is 15.4. The van der Waals surface area contributed by atoms with E-state index in [2.05, 4.69) is 0 Å². The van der Waals surface area contributed by atoms with Gasteiger partial charge in [-0.05, 0) is 32.6 Å². The molecule has 0 bridgehead atoms. The van der Waals surface area contributed by atoms with Gasteiger partial charge in [0.1, 0.15) is 0 Å². The fourth-order valence-corrected chi connectivity index (χ4v) is 3.95. The van der Waals surface area contributed by atoms with E-state index in [0.29, 0.717) is 11.1 Å². The molecule has 0 radical (unpaired) electrons. The van der Waals surface area contributed by atoms with E-state index in [4.69, 9.17) is 22.7 Å². The summed E-state index contributed by atoms with van der Waals surface area (Å²) in [5, 5.41) is 0. The maximum Gasteiger partial charge on any atom is 0.235 e. The second-order valence-electron chi connectivity index (χ2n) is 6.31. The molecule has 1 aliphatic carbocycles. The Hall–Kier alpha value is -0.680. The summed E-state index contributed by atoms with van der Waals surface area (Å²) in [6, 6.07) is 0. The molecule has 1 saturated carbocycles. The van der Waals surface area contributed by atoms with Crippen molar-refractivity contribution >= 4 is 23.1 Å². The van der Waals surface area contributed by atoms with E-state index in [1.165, 1.54) is 12.8 Å². The maximum atomic E-state index is 13.1. The van der Waals surface area contributed by atoms with Crippen LogP contribution in [-0.4, -0.2) is 41.6 Å². The lowest BCUT2D eigenvalue weighted by Crippen LogP contribution is -2.53. The normalized spacial score (nSPS) is 23.6.